The van der Waals surface area contributed by atoms with Crippen LogP contribution in [-0.4, -0.2) is 8.42 Å². The first-order valence-electron chi connectivity index (χ1n) is 5.54. The van der Waals surface area contributed by atoms with Gasteiger partial charge in [0.2, 0.25) is 0 Å². The highest BCUT2D eigenvalue weighted by molar-refractivity contribution is 14.1. The maximum Gasteiger partial charge on any atom is 0.262 e. The van der Waals surface area contributed by atoms with E-state index in [0.717, 1.165) is 5.56 Å². The molecule has 1 N–H and O–H groups in total. The number of anilines is 1. The minimum Gasteiger partial charge on any atom is -0.276 e. The van der Waals surface area contributed by atoms with E-state index in [0.29, 0.717) is 3.57 Å². The Bertz CT molecular complexity index is 748. The van der Waals surface area contributed by atoms with Crippen molar-refractivity contribution in [3.8, 4) is 0 Å². The molecule has 0 unspecified atom stereocenters. The summed E-state index contributed by atoms with van der Waals surface area (Å²) in [6, 6.07) is 9.51. The molecule has 106 valence electrons. The lowest BCUT2D eigenvalue weighted by molar-refractivity contribution is 0.597. The molecule has 2 rings (SSSR count). The highest BCUT2D eigenvalue weighted by atomic mass is 127. The first-order valence-corrected chi connectivity index (χ1v) is 8.90. The van der Waals surface area contributed by atoms with Gasteiger partial charge in [0.15, 0.2) is 5.82 Å². The van der Waals surface area contributed by atoms with E-state index in [1.165, 1.54) is 18.2 Å². The quantitative estimate of drug-likeness (QED) is 0.538. The second-order valence-corrected chi connectivity index (χ2v) is 7.84. The zero-order chi connectivity index (χ0) is 14.9. The summed E-state index contributed by atoms with van der Waals surface area (Å²) in [7, 11) is -3.81. The van der Waals surface area contributed by atoms with Crippen LogP contribution in [-0.2, 0) is 10.0 Å². The van der Waals surface area contributed by atoms with Gasteiger partial charge in [-0.25, -0.2) is 12.8 Å². The van der Waals surface area contributed by atoms with Crippen molar-refractivity contribution in [3.63, 3.8) is 0 Å². The van der Waals surface area contributed by atoms with Crippen molar-refractivity contribution >= 4 is 54.2 Å². The first-order chi connectivity index (χ1) is 9.31. The Labute approximate surface area is 138 Å². The lowest BCUT2D eigenvalue weighted by atomic mass is 10.2. The van der Waals surface area contributed by atoms with Crippen molar-refractivity contribution in [1.82, 2.24) is 0 Å². The second-order valence-electron chi connectivity index (χ2n) is 4.14. The van der Waals surface area contributed by atoms with Crippen LogP contribution < -0.4 is 4.72 Å². The van der Waals surface area contributed by atoms with Gasteiger partial charge in [-0.1, -0.05) is 17.7 Å². The lowest BCUT2D eigenvalue weighted by Crippen LogP contribution is -2.15. The van der Waals surface area contributed by atoms with Crippen molar-refractivity contribution in [2.24, 2.45) is 0 Å². The van der Waals surface area contributed by atoms with E-state index in [-0.39, 0.29) is 15.1 Å². The van der Waals surface area contributed by atoms with E-state index < -0.39 is 15.8 Å². The molecule has 0 aliphatic rings. The number of nitrogens with one attached hydrogen (secondary N) is 1. The van der Waals surface area contributed by atoms with Crippen LogP contribution in [0.3, 0.4) is 0 Å². The highest BCUT2D eigenvalue weighted by Crippen LogP contribution is 2.30. The molecule has 7 heteroatoms. The summed E-state index contributed by atoms with van der Waals surface area (Å²) in [6.07, 6.45) is 0. The molecule has 0 saturated carbocycles. The van der Waals surface area contributed by atoms with Gasteiger partial charge in [0.25, 0.3) is 10.0 Å². The fourth-order valence-corrected chi connectivity index (χ4v) is 3.68. The summed E-state index contributed by atoms with van der Waals surface area (Å²) >= 11 is 4.92. The predicted molar refractivity (Wildman–Crippen MR) is 88.8 cm³/mol. The van der Waals surface area contributed by atoms with Crippen LogP contribution in [0.15, 0.2) is 45.8 Å². The molecule has 0 spiro atoms. The largest absolute Gasteiger partial charge is 0.276 e. The normalized spacial score (nSPS) is 11.4. The van der Waals surface area contributed by atoms with Crippen LogP contribution in [0, 0.1) is 16.3 Å². The van der Waals surface area contributed by atoms with Gasteiger partial charge in [-0.2, -0.15) is 0 Å². The van der Waals surface area contributed by atoms with Crippen LogP contribution in [0.2, 0.25) is 0 Å². The molecule has 0 aromatic heterocycles. The zero-order valence-corrected chi connectivity index (χ0v) is 14.9. The number of halogens is 3. The molecule has 2 aromatic rings. The molecule has 0 bridgehead atoms. The molecule has 0 saturated heterocycles. The van der Waals surface area contributed by atoms with E-state index >= 15 is 0 Å². The molecule has 3 nitrogen and oxygen atoms in total. The van der Waals surface area contributed by atoms with Gasteiger partial charge in [0.1, 0.15) is 0 Å². The molecule has 0 radical (unpaired) electrons. The first kappa shape index (κ1) is 15.7. The molecular weight excluding hydrogens is 460 g/mol. The third-order valence-corrected chi connectivity index (χ3v) is 5.49. The number of hydrogen-bond acceptors (Lipinski definition) is 2. The third-order valence-electron chi connectivity index (χ3n) is 2.61. The van der Waals surface area contributed by atoms with Crippen LogP contribution in [0.4, 0.5) is 10.1 Å². The average Bonchev–Trinajstić information content (AvgIpc) is 2.40. The molecular formula is C13H10BrFINO2S. The summed E-state index contributed by atoms with van der Waals surface area (Å²) in [5.74, 6) is -0.632. The van der Waals surface area contributed by atoms with E-state index in [4.69, 9.17) is 0 Å². The van der Waals surface area contributed by atoms with Crippen molar-refractivity contribution < 1.29 is 12.8 Å². The second kappa shape index (κ2) is 5.98. The number of benzene rings is 2. The molecule has 0 aliphatic carbocycles. The van der Waals surface area contributed by atoms with Crippen molar-refractivity contribution in [2.75, 3.05) is 4.72 Å². The molecule has 0 amide bonds. The van der Waals surface area contributed by atoms with E-state index in [9.17, 15) is 12.8 Å². The maximum atomic E-state index is 14.0. The highest BCUT2D eigenvalue weighted by Gasteiger charge is 2.19. The Kier molecular flexibility index (Phi) is 4.70. The van der Waals surface area contributed by atoms with Crippen molar-refractivity contribution in [2.45, 2.75) is 11.8 Å². The topological polar surface area (TPSA) is 46.2 Å². The summed E-state index contributed by atoms with van der Waals surface area (Å²) < 4.78 is 41.4. The summed E-state index contributed by atoms with van der Waals surface area (Å²) in [5, 5.41) is 0. The Hall–Kier alpha value is -0.670. The molecule has 0 heterocycles. The lowest BCUT2D eigenvalue weighted by Gasteiger charge is -2.11. The maximum absolute atomic E-state index is 14.0. The van der Waals surface area contributed by atoms with Gasteiger partial charge in [-0.05, 0) is 69.7 Å². The molecule has 0 aliphatic heterocycles. The van der Waals surface area contributed by atoms with Gasteiger partial charge >= 0.3 is 0 Å². The van der Waals surface area contributed by atoms with Crippen molar-refractivity contribution in [1.29, 1.82) is 0 Å². The smallest absolute Gasteiger partial charge is 0.262 e. The Balaban J connectivity index is 2.43. The standard InChI is InChI=1S/C13H10BrFINO2S/c1-8-2-4-9(5-3-8)20(18,19)17-13-11(16)7-6-10(14)12(13)15/h2-7,17H,1H3. The monoisotopic (exact) mass is 469 g/mol. The minimum absolute atomic E-state index is 0.0550. The van der Waals surface area contributed by atoms with Crippen molar-refractivity contribution in [3.05, 3.63) is 55.8 Å². The third kappa shape index (κ3) is 3.32. The molecule has 0 atom stereocenters. The minimum atomic E-state index is -3.81. The number of hydrogen-bond donors (Lipinski definition) is 1. The fourth-order valence-electron chi connectivity index (χ4n) is 1.53. The number of aryl methyl sites for hydroxylation is 1. The van der Waals surface area contributed by atoms with Gasteiger partial charge in [0.05, 0.1) is 15.1 Å². The average molecular weight is 470 g/mol. The molecule has 20 heavy (non-hydrogen) atoms. The van der Waals surface area contributed by atoms with Crippen LogP contribution in [0.1, 0.15) is 5.56 Å². The summed E-state index contributed by atoms with van der Waals surface area (Å²) in [6.45, 7) is 1.86. The van der Waals surface area contributed by atoms with Gasteiger partial charge < -0.3 is 0 Å². The fraction of sp³-hybridized carbons (Fsp3) is 0.0769. The Morgan fingerprint density at radius 2 is 1.75 bits per heavy atom. The Morgan fingerprint density at radius 3 is 2.35 bits per heavy atom. The van der Waals surface area contributed by atoms with Gasteiger partial charge in [-0.3, -0.25) is 4.72 Å². The SMILES string of the molecule is Cc1ccc(S(=O)(=O)Nc2c(I)ccc(Br)c2F)cc1. The number of sulfonamides is 1. The van der Waals surface area contributed by atoms with Crippen LogP contribution in [0.5, 0.6) is 0 Å². The van der Waals surface area contributed by atoms with Gasteiger partial charge in [-0.15, -0.1) is 0 Å². The van der Waals surface area contributed by atoms with E-state index in [1.807, 2.05) is 29.5 Å². The summed E-state index contributed by atoms with van der Waals surface area (Å²) in [5.41, 5.74) is 0.896. The van der Waals surface area contributed by atoms with Crippen LogP contribution in [0.25, 0.3) is 0 Å². The van der Waals surface area contributed by atoms with Crippen LogP contribution >= 0.6 is 38.5 Å². The molecule has 0 fully saturated rings. The summed E-state index contributed by atoms with van der Waals surface area (Å²) in [4.78, 5) is 0.0956. The van der Waals surface area contributed by atoms with E-state index in [2.05, 4.69) is 20.7 Å². The Morgan fingerprint density at radius 1 is 1.15 bits per heavy atom. The number of rotatable bonds is 3. The molecule has 2 aromatic carbocycles. The predicted octanol–water partition coefficient (Wildman–Crippen LogP) is 4.30. The zero-order valence-electron chi connectivity index (χ0n) is 10.3. The van der Waals surface area contributed by atoms with Gasteiger partial charge in [0, 0.05) is 3.57 Å². The van der Waals surface area contributed by atoms with E-state index in [1.54, 1.807) is 18.2 Å².